The first kappa shape index (κ1) is 13.5. The normalized spacial score (nSPS) is 21.1. The second-order valence-corrected chi connectivity index (χ2v) is 5.97. The SMILES string of the molecule is Cc1[nH]nc(CO)c1S(=O)(=O)NC1CCCOC1. The molecule has 8 heteroatoms. The summed E-state index contributed by atoms with van der Waals surface area (Å²) in [5.74, 6) is 0. The highest BCUT2D eigenvalue weighted by Gasteiger charge is 2.27. The molecule has 0 aliphatic carbocycles. The van der Waals surface area contributed by atoms with Crippen molar-refractivity contribution >= 4 is 10.0 Å². The largest absolute Gasteiger partial charge is 0.390 e. The van der Waals surface area contributed by atoms with E-state index in [-0.39, 0.29) is 16.6 Å². The molecule has 0 aromatic carbocycles. The van der Waals surface area contributed by atoms with Gasteiger partial charge in [0.2, 0.25) is 10.0 Å². The average molecular weight is 275 g/mol. The molecule has 0 saturated carbocycles. The highest BCUT2D eigenvalue weighted by atomic mass is 32.2. The molecule has 0 amide bonds. The van der Waals surface area contributed by atoms with Crippen molar-refractivity contribution in [1.29, 1.82) is 0 Å². The van der Waals surface area contributed by atoms with Crippen LogP contribution in [0.3, 0.4) is 0 Å². The average Bonchev–Trinajstić information content (AvgIpc) is 2.72. The maximum Gasteiger partial charge on any atom is 0.244 e. The lowest BCUT2D eigenvalue weighted by Gasteiger charge is -2.23. The van der Waals surface area contributed by atoms with Crippen LogP contribution in [0, 0.1) is 6.92 Å². The first-order valence-corrected chi connectivity index (χ1v) is 7.27. The minimum absolute atomic E-state index is 0.0376. The molecule has 2 rings (SSSR count). The van der Waals surface area contributed by atoms with E-state index < -0.39 is 16.6 Å². The first-order valence-electron chi connectivity index (χ1n) is 5.79. The molecule has 0 spiro atoms. The third-order valence-electron chi connectivity index (χ3n) is 2.86. The van der Waals surface area contributed by atoms with E-state index in [4.69, 9.17) is 9.84 Å². The van der Waals surface area contributed by atoms with Gasteiger partial charge in [-0.1, -0.05) is 0 Å². The van der Waals surface area contributed by atoms with Gasteiger partial charge in [-0.25, -0.2) is 13.1 Å². The van der Waals surface area contributed by atoms with Crippen molar-refractivity contribution in [1.82, 2.24) is 14.9 Å². The lowest BCUT2D eigenvalue weighted by atomic mass is 10.1. The number of aromatic nitrogens is 2. The summed E-state index contributed by atoms with van der Waals surface area (Å²) in [6.07, 6.45) is 1.59. The maximum atomic E-state index is 12.2. The van der Waals surface area contributed by atoms with Gasteiger partial charge < -0.3 is 9.84 Å². The molecule has 3 N–H and O–H groups in total. The van der Waals surface area contributed by atoms with E-state index in [9.17, 15) is 8.42 Å². The van der Waals surface area contributed by atoms with Gasteiger partial charge in [-0.2, -0.15) is 5.10 Å². The monoisotopic (exact) mass is 275 g/mol. The molecule has 1 atom stereocenters. The Kier molecular flexibility index (Phi) is 4.00. The van der Waals surface area contributed by atoms with E-state index in [2.05, 4.69) is 14.9 Å². The summed E-state index contributed by atoms with van der Waals surface area (Å²) >= 11 is 0. The molecule has 1 saturated heterocycles. The Bertz CT molecular complexity index is 505. The van der Waals surface area contributed by atoms with Crippen molar-refractivity contribution in [2.75, 3.05) is 13.2 Å². The van der Waals surface area contributed by atoms with Gasteiger partial charge in [0.25, 0.3) is 0 Å². The number of aliphatic hydroxyl groups is 1. The van der Waals surface area contributed by atoms with Crippen LogP contribution in [0.5, 0.6) is 0 Å². The number of hydrogen-bond acceptors (Lipinski definition) is 5. The number of aliphatic hydroxyl groups excluding tert-OH is 1. The summed E-state index contributed by atoms with van der Waals surface area (Å²) in [6, 6.07) is -0.218. The van der Waals surface area contributed by atoms with Crippen LogP contribution in [0.15, 0.2) is 4.90 Å². The number of nitrogens with zero attached hydrogens (tertiary/aromatic N) is 1. The second-order valence-electron chi connectivity index (χ2n) is 4.32. The van der Waals surface area contributed by atoms with Crippen LogP contribution in [0.25, 0.3) is 0 Å². The highest BCUT2D eigenvalue weighted by Crippen LogP contribution is 2.19. The third kappa shape index (κ3) is 2.72. The molecule has 1 aliphatic rings. The molecule has 1 aromatic rings. The van der Waals surface area contributed by atoms with Crippen LogP contribution < -0.4 is 4.72 Å². The van der Waals surface area contributed by atoms with Crippen molar-refractivity contribution in [3.8, 4) is 0 Å². The van der Waals surface area contributed by atoms with E-state index in [0.717, 1.165) is 12.8 Å². The molecule has 0 radical (unpaired) electrons. The fourth-order valence-corrected chi connectivity index (χ4v) is 3.66. The quantitative estimate of drug-likeness (QED) is 0.698. The van der Waals surface area contributed by atoms with E-state index in [1.54, 1.807) is 6.92 Å². The Morgan fingerprint density at radius 2 is 2.39 bits per heavy atom. The van der Waals surface area contributed by atoms with Gasteiger partial charge in [-0.3, -0.25) is 5.10 Å². The summed E-state index contributed by atoms with van der Waals surface area (Å²) in [5, 5.41) is 15.4. The molecular weight excluding hydrogens is 258 g/mol. The third-order valence-corrected chi connectivity index (χ3v) is 4.58. The molecule has 0 bridgehead atoms. The second kappa shape index (κ2) is 5.35. The zero-order valence-corrected chi connectivity index (χ0v) is 11.0. The Morgan fingerprint density at radius 1 is 1.61 bits per heavy atom. The van der Waals surface area contributed by atoms with Crippen molar-refractivity contribution in [3.05, 3.63) is 11.4 Å². The van der Waals surface area contributed by atoms with Gasteiger partial charge >= 0.3 is 0 Å². The van der Waals surface area contributed by atoms with E-state index in [1.165, 1.54) is 0 Å². The van der Waals surface area contributed by atoms with E-state index >= 15 is 0 Å². The highest BCUT2D eigenvalue weighted by molar-refractivity contribution is 7.89. The van der Waals surface area contributed by atoms with Crippen molar-refractivity contribution in [2.45, 2.75) is 37.3 Å². The van der Waals surface area contributed by atoms with Gasteiger partial charge in [0.05, 0.1) is 18.9 Å². The van der Waals surface area contributed by atoms with Gasteiger partial charge in [-0.15, -0.1) is 0 Å². The summed E-state index contributed by atoms with van der Waals surface area (Å²) < 4.78 is 32.3. The molecule has 18 heavy (non-hydrogen) atoms. The molecule has 1 aromatic heterocycles. The zero-order chi connectivity index (χ0) is 13.2. The van der Waals surface area contributed by atoms with Crippen molar-refractivity contribution < 1.29 is 18.3 Å². The number of nitrogens with one attached hydrogen (secondary N) is 2. The fraction of sp³-hybridized carbons (Fsp3) is 0.700. The minimum Gasteiger partial charge on any atom is -0.390 e. The van der Waals surface area contributed by atoms with Gasteiger partial charge in [0.1, 0.15) is 10.6 Å². The van der Waals surface area contributed by atoms with Crippen molar-refractivity contribution in [3.63, 3.8) is 0 Å². The summed E-state index contributed by atoms with van der Waals surface area (Å²) in [7, 11) is -3.67. The van der Waals surface area contributed by atoms with Crippen LogP contribution in [0.1, 0.15) is 24.2 Å². The number of sulfonamides is 1. The van der Waals surface area contributed by atoms with Gasteiger partial charge in [-0.05, 0) is 19.8 Å². The summed E-state index contributed by atoms with van der Waals surface area (Å²) in [6.45, 7) is 2.25. The predicted octanol–water partition coefficient (Wildman–Crippen LogP) is -0.332. The number of hydrogen-bond donors (Lipinski definition) is 3. The first-order chi connectivity index (χ1) is 8.54. The van der Waals surface area contributed by atoms with Gasteiger partial charge in [0.15, 0.2) is 0 Å². The molecule has 7 nitrogen and oxygen atoms in total. The zero-order valence-electron chi connectivity index (χ0n) is 10.1. The number of ether oxygens (including phenoxy) is 1. The van der Waals surface area contributed by atoms with Crippen molar-refractivity contribution in [2.24, 2.45) is 0 Å². The number of H-pyrrole nitrogens is 1. The molecule has 102 valence electrons. The van der Waals surface area contributed by atoms with Crippen LogP contribution in [0.2, 0.25) is 0 Å². The standard InChI is InChI=1S/C10H17N3O4S/c1-7-10(9(5-14)12-11-7)18(15,16)13-8-3-2-4-17-6-8/h8,13-14H,2-6H2,1H3,(H,11,12). The Labute approximate surface area is 106 Å². The molecule has 1 unspecified atom stereocenters. The van der Waals surface area contributed by atoms with Crippen LogP contribution >= 0.6 is 0 Å². The Hall–Kier alpha value is -0.960. The number of aromatic amines is 1. The minimum atomic E-state index is -3.67. The van der Waals surface area contributed by atoms with E-state index in [1.807, 2.05) is 0 Å². The van der Waals surface area contributed by atoms with Gasteiger partial charge in [0, 0.05) is 12.6 Å². The lowest BCUT2D eigenvalue weighted by molar-refractivity contribution is 0.0774. The fourth-order valence-electron chi connectivity index (χ4n) is 2.05. The topological polar surface area (TPSA) is 104 Å². The maximum absolute atomic E-state index is 12.2. The van der Waals surface area contributed by atoms with E-state index in [0.29, 0.717) is 18.9 Å². The smallest absolute Gasteiger partial charge is 0.244 e. The molecular formula is C10H17N3O4S. The summed E-state index contributed by atoms with van der Waals surface area (Å²) in [5.41, 5.74) is 0.556. The Balaban J connectivity index is 2.21. The molecule has 1 fully saturated rings. The summed E-state index contributed by atoms with van der Waals surface area (Å²) in [4.78, 5) is 0.0376. The van der Waals surface area contributed by atoms with Crippen LogP contribution in [0.4, 0.5) is 0 Å². The number of rotatable bonds is 4. The Morgan fingerprint density at radius 3 is 3.00 bits per heavy atom. The molecule has 1 aliphatic heterocycles. The lowest BCUT2D eigenvalue weighted by Crippen LogP contribution is -2.40. The van der Waals surface area contributed by atoms with Crippen LogP contribution in [-0.4, -0.2) is 43.0 Å². The molecule has 2 heterocycles. The predicted molar refractivity (Wildman–Crippen MR) is 63.4 cm³/mol. The van der Waals surface area contributed by atoms with Crippen LogP contribution in [-0.2, 0) is 21.4 Å². The number of aryl methyl sites for hydroxylation is 1.